The maximum Gasteiger partial charge on any atom is 0.282 e. The topological polar surface area (TPSA) is 46.9 Å². The van der Waals surface area contributed by atoms with Crippen molar-refractivity contribution in [2.45, 2.75) is 6.54 Å². The van der Waals surface area contributed by atoms with Crippen LogP contribution in [0.3, 0.4) is 0 Å². The van der Waals surface area contributed by atoms with Gasteiger partial charge in [-0.3, -0.25) is 4.79 Å². The number of rotatable bonds is 3. The standard InChI is InChI=1S/C16H15N3O/c1-17-16-18-15(20)13-9-5-6-10-14(13)19(16)11-12-7-3-2-4-8-12/h2-10H,11H2,1H3,(H,17,18,20). The molecule has 1 aromatic heterocycles. The minimum Gasteiger partial charge on any atom is -0.359 e. The summed E-state index contributed by atoms with van der Waals surface area (Å²) in [6.07, 6.45) is 0. The van der Waals surface area contributed by atoms with Crippen LogP contribution in [0.5, 0.6) is 0 Å². The molecule has 0 radical (unpaired) electrons. The minimum atomic E-state index is -0.200. The van der Waals surface area contributed by atoms with E-state index < -0.39 is 0 Å². The van der Waals surface area contributed by atoms with Gasteiger partial charge in [0, 0.05) is 7.05 Å². The van der Waals surface area contributed by atoms with Gasteiger partial charge >= 0.3 is 0 Å². The van der Waals surface area contributed by atoms with E-state index in [1.54, 1.807) is 7.05 Å². The maximum atomic E-state index is 12.0. The second-order valence-electron chi connectivity index (χ2n) is 4.58. The molecule has 0 unspecified atom stereocenters. The fourth-order valence-corrected chi connectivity index (χ4v) is 2.34. The van der Waals surface area contributed by atoms with Crippen LogP contribution in [-0.2, 0) is 6.54 Å². The predicted octanol–water partition coefficient (Wildman–Crippen LogP) is 2.49. The van der Waals surface area contributed by atoms with Crippen LogP contribution in [0.25, 0.3) is 10.9 Å². The zero-order valence-corrected chi connectivity index (χ0v) is 11.2. The first-order valence-electron chi connectivity index (χ1n) is 6.51. The molecule has 0 saturated carbocycles. The molecule has 100 valence electrons. The molecule has 3 aromatic rings. The third kappa shape index (κ3) is 2.16. The number of para-hydroxylation sites is 1. The molecule has 20 heavy (non-hydrogen) atoms. The van der Waals surface area contributed by atoms with Crippen molar-refractivity contribution >= 4 is 16.9 Å². The van der Waals surface area contributed by atoms with Crippen molar-refractivity contribution < 1.29 is 0 Å². The summed E-state index contributed by atoms with van der Waals surface area (Å²) in [7, 11) is 1.78. The number of benzene rings is 2. The van der Waals surface area contributed by atoms with Gasteiger partial charge in [-0.25, -0.2) is 0 Å². The molecule has 0 aliphatic heterocycles. The maximum absolute atomic E-state index is 12.0. The Labute approximate surface area is 116 Å². The molecule has 2 aromatic carbocycles. The molecule has 0 bridgehead atoms. The van der Waals surface area contributed by atoms with E-state index in [4.69, 9.17) is 0 Å². The van der Waals surface area contributed by atoms with E-state index in [1.165, 1.54) is 5.56 Å². The average Bonchev–Trinajstić information content (AvgIpc) is 2.51. The average molecular weight is 265 g/mol. The molecule has 4 nitrogen and oxygen atoms in total. The first-order valence-corrected chi connectivity index (χ1v) is 6.51. The fourth-order valence-electron chi connectivity index (χ4n) is 2.34. The first kappa shape index (κ1) is 12.4. The van der Waals surface area contributed by atoms with Crippen molar-refractivity contribution in [1.82, 2.24) is 9.55 Å². The number of fused-ring (bicyclic) bond motifs is 1. The van der Waals surface area contributed by atoms with Gasteiger partial charge in [-0.05, 0) is 17.7 Å². The van der Waals surface area contributed by atoms with Crippen LogP contribution < -0.4 is 10.9 Å². The van der Waals surface area contributed by atoms with Crippen LogP contribution in [-0.4, -0.2) is 16.6 Å². The minimum absolute atomic E-state index is 0.200. The zero-order valence-electron chi connectivity index (χ0n) is 11.2. The lowest BCUT2D eigenvalue weighted by Crippen LogP contribution is -2.18. The third-order valence-electron chi connectivity index (χ3n) is 3.30. The summed E-state index contributed by atoms with van der Waals surface area (Å²) in [6, 6.07) is 17.7. The Kier molecular flexibility index (Phi) is 3.21. The Morgan fingerprint density at radius 3 is 2.50 bits per heavy atom. The largest absolute Gasteiger partial charge is 0.359 e. The summed E-state index contributed by atoms with van der Waals surface area (Å²) in [5.41, 5.74) is 1.86. The number of anilines is 1. The van der Waals surface area contributed by atoms with Gasteiger partial charge in [0.05, 0.1) is 17.4 Å². The van der Waals surface area contributed by atoms with E-state index >= 15 is 0 Å². The van der Waals surface area contributed by atoms with Gasteiger partial charge in [0.2, 0.25) is 5.95 Å². The van der Waals surface area contributed by atoms with Gasteiger partial charge in [-0.2, -0.15) is 4.98 Å². The molecule has 1 heterocycles. The number of hydrogen-bond acceptors (Lipinski definition) is 3. The highest BCUT2D eigenvalue weighted by molar-refractivity contribution is 5.79. The van der Waals surface area contributed by atoms with Crippen molar-refractivity contribution in [3.05, 3.63) is 70.5 Å². The second-order valence-corrected chi connectivity index (χ2v) is 4.58. The Morgan fingerprint density at radius 2 is 1.75 bits per heavy atom. The van der Waals surface area contributed by atoms with Gasteiger partial charge < -0.3 is 9.88 Å². The van der Waals surface area contributed by atoms with Crippen LogP contribution in [0.4, 0.5) is 5.95 Å². The normalized spacial score (nSPS) is 10.7. The Morgan fingerprint density at radius 1 is 1.05 bits per heavy atom. The summed E-state index contributed by atoms with van der Waals surface area (Å²) < 4.78 is 2.02. The van der Waals surface area contributed by atoms with Crippen molar-refractivity contribution in [2.24, 2.45) is 0 Å². The first-order chi connectivity index (χ1) is 9.79. The van der Waals surface area contributed by atoms with Crippen molar-refractivity contribution in [3.63, 3.8) is 0 Å². The molecule has 0 fully saturated rings. The van der Waals surface area contributed by atoms with Gasteiger partial charge in [0.1, 0.15) is 0 Å². The van der Waals surface area contributed by atoms with Crippen molar-refractivity contribution in [3.8, 4) is 0 Å². The zero-order chi connectivity index (χ0) is 13.9. The lowest BCUT2D eigenvalue weighted by atomic mass is 10.2. The summed E-state index contributed by atoms with van der Waals surface area (Å²) in [4.78, 5) is 16.1. The molecule has 0 amide bonds. The highest BCUT2D eigenvalue weighted by Crippen LogP contribution is 2.16. The molecular weight excluding hydrogens is 250 g/mol. The Balaban J connectivity index is 2.22. The van der Waals surface area contributed by atoms with Crippen LogP contribution in [0, 0.1) is 0 Å². The SMILES string of the molecule is CNc1nc(=O)c2ccccc2n1Cc1ccccc1. The molecule has 0 aliphatic rings. The van der Waals surface area contributed by atoms with E-state index in [2.05, 4.69) is 22.4 Å². The molecule has 0 saturated heterocycles. The molecule has 0 spiro atoms. The fraction of sp³-hybridized carbons (Fsp3) is 0.125. The lowest BCUT2D eigenvalue weighted by molar-refractivity contribution is 0.807. The van der Waals surface area contributed by atoms with Gasteiger partial charge in [0.15, 0.2) is 0 Å². The van der Waals surface area contributed by atoms with Gasteiger partial charge in [-0.15, -0.1) is 0 Å². The highest BCUT2D eigenvalue weighted by Gasteiger charge is 2.09. The smallest absolute Gasteiger partial charge is 0.282 e. The number of nitrogens with one attached hydrogen (secondary N) is 1. The van der Waals surface area contributed by atoms with Crippen LogP contribution in [0.1, 0.15) is 5.56 Å². The number of aromatic nitrogens is 2. The molecule has 0 aliphatic carbocycles. The van der Waals surface area contributed by atoms with Crippen LogP contribution in [0.15, 0.2) is 59.4 Å². The summed E-state index contributed by atoms with van der Waals surface area (Å²) in [5.74, 6) is 0.581. The van der Waals surface area contributed by atoms with E-state index in [0.717, 1.165) is 5.52 Å². The molecule has 0 atom stereocenters. The summed E-state index contributed by atoms with van der Waals surface area (Å²) >= 11 is 0. The lowest BCUT2D eigenvalue weighted by Gasteiger charge is -2.15. The number of hydrogen-bond donors (Lipinski definition) is 1. The van der Waals surface area contributed by atoms with E-state index in [9.17, 15) is 4.79 Å². The quantitative estimate of drug-likeness (QED) is 0.791. The Bertz CT molecular complexity index is 794. The molecule has 3 rings (SSSR count). The van der Waals surface area contributed by atoms with Gasteiger partial charge in [-0.1, -0.05) is 42.5 Å². The highest BCUT2D eigenvalue weighted by atomic mass is 16.1. The third-order valence-corrected chi connectivity index (χ3v) is 3.30. The molecule has 4 heteroatoms. The monoisotopic (exact) mass is 265 g/mol. The molecular formula is C16H15N3O. The second kappa shape index (κ2) is 5.17. The molecule has 1 N–H and O–H groups in total. The van der Waals surface area contributed by atoms with E-state index in [1.807, 2.05) is 47.0 Å². The summed E-state index contributed by atoms with van der Waals surface area (Å²) in [5, 5.41) is 3.64. The Hall–Kier alpha value is -2.62. The predicted molar refractivity (Wildman–Crippen MR) is 81.1 cm³/mol. The van der Waals surface area contributed by atoms with Crippen LogP contribution >= 0.6 is 0 Å². The van der Waals surface area contributed by atoms with Crippen molar-refractivity contribution in [2.75, 3.05) is 12.4 Å². The van der Waals surface area contributed by atoms with Crippen molar-refractivity contribution in [1.29, 1.82) is 0 Å². The van der Waals surface area contributed by atoms with E-state index in [0.29, 0.717) is 17.9 Å². The van der Waals surface area contributed by atoms with Gasteiger partial charge in [0.25, 0.3) is 5.56 Å². The van der Waals surface area contributed by atoms with Crippen LogP contribution in [0.2, 0.25) is 0 Å². The summed E-state index contributed by atoms with van der Waals surface area (Å²) in [6.45, 7) is 0.671. The van der Waals surface area contributed by atoms with E-state index in [-0.39, 0.29) is 5.56 Å². The number of nitrogens with zero attached hydrogens (tertiary/aromatic N) is 2.